The summed E-state index contributed by atoms with van der Waals surface area (Å²) in [5.74, 6) is -0.149. The number of rotatable bonds is 5. The molecule has 3 heterocycles. The highest BCUT2D eigenvalue weighted by molar-refractivity contribution is 7.08. The van der Waals surface area contributed by atoms with Gasteiger partial charge in [0.1, 0.15) is 5.71 Å². The molecule has 27 heavy (non-hydrogen) atoms. The van der Waals surface area contributed by atoms with Crippen LogP contribution in [-0.2, 0) is 20.9 Å². The fraction of sp³-hybridized carbons (Fsp3) is 0.167. The van der Waals surface area contributed by atoms with Gasteiger partial charge in [-0.25, -0.2) is 9.80 Å². The van der Waals surface area contributed by atoms with Gasteiger partial charge in [-0.3, -0.25) is 4.79 Å². The van der Waals surface area contributed by atoms with Crippen LogP contribution in [0.1, 0.15) is 18.7 Å². The Bertz CT molecular complexity index is 982. The molecule has 0 atom stereocenters. The number of hydrogen-bond donors (Lipinski definition) is 0. The van der Waals surface area contributed by atoms with Crippen molar-refractivity contribution in [3.8, 4) is 11.4 Å². The minimum absolute atomic E-state index is 0.158. The van der Waals surface area contributed by atoms with Gasteiger partial charge in [0.2, 0.25) is 11.7 Å². The SMILES string of the molecule is O=C(OCc1nc(-c2ccsc2)no1)C1=NN(c2ccccc2)C(=O)CC1. The van der Waals surface area contributed by atoms with Gasteiger partial charge in [0.05, 0.1) is 5.69 Å². The molecule has 1 aliphatic rings. The van der Waals surface area contributed by atoms with E-state index < -0.39 is 5.97 Å². The second-order valence-corrected chi connectivity index (χ2v) is 6.47. The van der Waals surface area contributed by atoms with Crippen molar-refractivity contribution in [2.75, 3.05) is 5.01 Å². The number of thiophene rings is 1. The van der Waals surface area contributed by atoms with Crippen LogP contribution in [0.5, 0.6) is 0 Å². The Morgan fingerprint density at radius 3 is 2.85 bits per heavy atom. The Labute approximate surface area is 158 Å². The molecule has 0 radical (unpaired) electrons. The molecule has 0 bridgehead atoms. The number of nitrogens with zero attached hydrogens (tertiary/aromatic N) is 4. The van der Waals surface area contributed by atoms with E-state index in [2.05, 4.69) is 15.2 Å². The van der Waals surface area contributed by atoms with Crippen LogP contribution in [0.25, 0.3) is 11.4 Å². The monoisotopic (exact) mass is 382 g/mol. The summed E-state index contributed by atoms with van der Waals surface area (Å²) in [7, 11) is 0. The predicted molar refractivity (Wildman–Crippen MR) is 98.0 cm³/mol. The molecule has 8 nitrogen and oxygen atoms in total. The van der Waals surface area contributed by atoms with E-state index in [4.69, 9.17) is 9.26 Å². The van der Waals surface area contributed by atoms with Gasteiger partial charge in [0.25, 0.3) is 5.89 Å². The molecule has 4 rings (SSSR count). The first kappa shape index (κ1) is 17.1. The summed E-state index contributed by atoms with van der Waals surface area (Å²) < 4.78 is 10.3. The molecule has 0 aliphatic carbocycles. The van der Waals surface area contributed by atoms with Crippen LogP contribution < -0.4 is 5.01 Å². The van der Waals surface area contributed by atoms with Gasteiger partial charge in [0.15, 0.2) is 6.61 Å². The van der Waals surface area contributed by atoms with Gasteiger partial charge in [-0.2, -0.15) is 21.4 Å². The average Bonchev–Trinajstić information content (AvgIpc) is 3.39. The Hall–Kier alpha value is -3.33. The van der Waals surface area contributed by atoms with E-state index in [0.29, 0.717) is 11.5 Å². The van der Waals surface area contributed by atoms with Crippen LogP contribution >= 0.6 is 11.3 Å². The summed E-state index contributed by atoms with van der Waals surface area (Å²) in [6.07, 6.45) is 0.413. The smallest absolute Gasteiger partial charge is 0.355 e. The first-order valence-corrected chi connectivity index (χ1v) is 9.13. The van der Waals surface area contributed by atoms with E-state index in [-0.39, 0.29) is 37.0 Å². The molecule has 1 aliphatic heterocycles. The van der Waals surface area contributed by atoms with Crippen LogP contribution in [-0.4, -0.2) is 27.7 Å². The molecule has 1 amide bonds. The van der Waals surface area contributed by atoms with Crippen molar-refractivity contribution in [3.63, 3.8) is 0 Å². The highest BCUT2D eigenvalue weighted by atomic mass is 32.1. The van der Waals surface area contributed by atoms with Crippen molar-refractivity contribution in [1.82, 2.24) is 10.1 Å². The number of hydrazone groups is 1. The number of carbonyl (C=O) groups is 2. The average molecular weight is 382 g/mol. The number of benzene rings is 1. The van der Waals surface area contributed by atoms with Crippen LogP contribution in [0.15, 0.2) is 56.8 Å². The van der Waals surface area contributed by atoms with Gasteiger partial charge < -0.3 is 9.26 Å². The third-order valence-corrected chi connectivity index (χ3v) is 4.53. The number of hydrogen-bond acceptors (Lipinski definition) is 8. The minimum Gasteiger partial charge on any atom is -0.451 e. The molecular formula is C18H14N4O4S. The van der Waals surface area contributed by atoms with Crippen molar-refractivity contribution in [2.45, 2.75) is 19.4 Å². The fourth-order valence-corrected chi connectivity index (χ4v) is 3.14. The number of esters is 1. The van der Waals surface area contributed by atoms with Gasteiger partial charge in [-0.15, -0.1) is 0 Å². The summed E-state index contributed by atoms with van der Waals surface area (Å²) >= 11 is 1.52. The Balaban J connectivity index is 1.43. The van der Waals surface area contributed by atoms with Crippen molar-refractivity contribution in [3.05, 3.63) is 53.0 Å². The molecule has 0 N–H and O–H groups in total. The first-order chi connectivity index (χ1) is 13.2. The molecule has 3 aromatic rings. The molecule has 0 fully saturated rings. The van der Waals surface area contributed by atoms with E-state index in [1.165, 1.54) is 16.3 Å². The summed E-state index contributed by atoms with van der Waals surface area (Å²) in [5.41, 5.74) is 1.62. The molecule has 0 saturated heterocycles. The standard InChI is InChI=1S/C18H14N4O4S/c23-16-7-6-14(20-22(16)13-4-2-1-3-5-13)18(24)25-10-15-19-17(21-26-15)12-8-9-27-11-12/h1-5,8-9,11H,6-7,10H2. The van der Waals surface area contributed by atoms with E-state index in [9.17, 15) is 9.59 Å². The number of anilines is 1. The van der Waals surface area contributed by atoms with Crippen molar-refractivity contribution >= 4 is 34.6 Å². The van der Waals surface area contributed by atoms with Crippen molar-refractivity contribution < 1.29 is 18.8 Å². The van der Waals surface area contributed by atoms with Crippen LogP contribution in [0.2, 0.25) is 0 Å². The van der Waals surface area contributed by atoms with Gasteiger partial charge in [0, 0.05) is 23.8 Å². The molecule has 0 saturated carbocycles. The van der Waals surface area contributed by atoms with Crippen LogP contribution in [0.3, 0.4) is 0 Å². The maximum Gasteiger partial charge on any atom is 0.355 e. The van der Waals surface area contributed by atoms with Crippen molar-refractivity contribution in [2.24, 2.45) is 5.10 Å². The zero-order valence-corrected chi connectivity index (χ0v) is 14.9. The molecule has 136 valence electrons. The molecule has 1 aromatic carbocycles. The topological polar surface area (TPSA) is 97.9 Å². The number of ether oxygens (including phenoxy) is 1. The number of amides is 1. The summed E-state index contributed by atoms with van der Waals surface area (Å²) in [6, 6.07) is 10.8. The minimum atomic E-state index is -0.612. The molecular weight excluding hydrogens is 368 g/mol. The van der Waals surface area contributed by atoms with Gasteiger partial charge >= 0.3 is 5.97 Å². The molecule has 2 aromatic heterocycles. The largest absolute Gasteiger partial charge is 0.451 e. The third-order valence-electron chi connectivity index (χ3n) is 3.84. The predicted octanol–water partition coefficient (Wildman–Crippen LogP) is 3.02. The second kappa shape index (κ2) is 7.50. The normalized spacial score (nSPS) is 14.1. The van der Waals surface area contributed by atoms with E-state index in [0.717, 1.165) is 5.56 Å². The van der Waals surface area contributed by atoms with Crippen molar-refractivity contribution in [1.29, 1.82) is 0 Å². The van der Waals surface area contributed by atoms with Gasteiger partial charge in [-0.05, 0) is 23.6 Å². The third kappa shape index (κ3) is 3.77. The highest BCUT2D eigenvalue weighted by Gasteiger charge is 2.26. The maximum absolute atomic E-state index is 12.3. The van der Waals surface area contributed by atoms with Crippen LogP contribution in [0.4, 0.5) is 5.69 Å². The van der Waals surface area contributed by atoms with Crippen LogP contribution in [0, 0.1) is 0 Å². The summed E-state index contributed by atoms with van der Waals surface area (Å²) in [4.78, 5) is 28.6. The molecule has 0 spiro atoms. The Kier molecular flexibility index (Phi) is 4.75. The molecule has 0 unspecified atom stereocenters. The molecule has 9 heteroatoms. The second-order valence-electron chi connectivity index (χ2n) is 5.69. The number of carbonyl (C=O) groups excluding carboxylic acids is 2. The summed E-state index contributed by atoms with van der Waals surface area (Å²) in [5, 5.41) is 13.0. The van der Waals surface area contributed by atoms with E-state index >= 15 is 0 Å². The lowest BCUT2D eigenvalue weighted by Gasteiger charge is -2.22. The quantitative estimate of drug-likeness (QED) is 0.629. The zero-order chi connectivity index (χ0) is 18.6. The maximum atomic E-state index is 12.3. The van der Waals surface area contributed by atoms with E-state index in [1.807, 2.05) is 22.9 Å². The lowest BCUT2D eigenvalue weighted by Crippen LogP contribution is -2.34. The Morgan fingerprint density at radius 2 is 2.07 bits per heavy atom. The summed E-state index contributed by atoms with van der Waals surface area (Å²) in [6.45, 7) is -0.158. The number of para-hydroxylation sites is 1. The van der Waals surface area contributed by atoms with Gasteiger partial charge in [-0.1, -0.05) is 23.4 Å². The lowest BCUT2D eigenvalue weighted by atomic mass is 10.1. The zero-order valence-electron chi connectivity index (χ0n) is 14.1. The lowest BCUT2D eigenvalue weighted by molar-refractivity contribution is -0.137. The number of aromatic nitrogens is 2. The first-order valence-electron chi connectivity index (χ1n) is 8.18. The fourth-order valence-electron chi connectivity index (χ4n) is 2.50. The highest BCUT2D eigenvalue weighted by Crippen LogP contribution is 2.21. The Morgan fingerprint density at radius 1 is 1.22 bits per heavy atom. The van der Waals surface area contributed by atoms with E-state index in [1.54, 1.807) is 24.3 Å².